The first-order chi connectivity index (χ1) is 9.49. The van der Waals surface area contributed by atoms with Crippen LogP contribution in [0.25, 0.3) is 0 Å². The van der Waals surface area contributed by atoms with Gasteiger partial charge in [0, 0.05) is 24.8 Å². The number of nitrogens with zero attached hydrogens (tertiary/aromatic N) is 1. The van der Waals surface area contributed by atoms with Crippen LogP contribution >= 0.6 is 0 Å². The number of anilines is 1. The zero-order chi connectivity index (χ0) is 14.7. The average molecular weight is 277 g/mol. The van der Waals surface area contributed by atoms with Crippen LogP contribution < -0.4 is 4.90 Å². The summed E-state index contributed by atoms with van der Waals surface area (Å²) in [6.07, 6.45) is -0.887. The molecule has 0 fully saturated rings. The predicted molar refractivity (Wildman–Crippen MR) is 75.5 cm³/mol. The Balaban J connectivity index is 2.27. The third-order valence-electron chi connectivity index (χ3n) is 3.19. The van der Waals surface area contributed by atoms with Gasteiger partial charge in [0.1, 0.15) is 11.6 Å². The molecule has 2 aromatic carbocycles. The molecule has 1 N–H and O–H groups in total. The van der Waals surface area contributed by atoms with E-state index in [0.717, 1.165) is 5.56 Å². The lowest BCUT2D eigenvalue weighted by Crippen LogP contribution is -2.19. The Kier molecular flexibility index (Phi) is 4.35. The lowest BCUT2D eigenvalue weighted by atomic mass is 10.1. The first kappa shape index (κ1) is 14.5. The van der Waals surface area contributed by atoms with E-state index in [1.807, 2.05) is 11.9 Å². The van der Waals surface area contributed by atoms with E-state index < -0.39 is 11.9 Å². The molecule has 0 radical (unpaired) electrons. The van der Waals surface area contributed by atoms with Crippen molar-refractivity contribution >= 4 is 5.69 Å². The molecule has 0 unspecified atom stereocenters. The second-order valence-electron chi connectivity index (χ2n) is 4.83. The Bertz CT molecular complexity index is 582. The van der Waals surface area contributed by atoms with Crippen molar-refractivity contribution in [1.29, 1.82) is 0 Å². The number of benzene rings is 2. The molecule has 2 aromatic rings. The molecule has 4 heteroatoms. The SMILES string of the molecule is C[C@@H](O)c1c(F)cccc1N(C)Cc1ccc(F)cc1. The van der Waals surface area contributed by atoms with Gasteiger partial charge in [0.15, 0.2) is 0 Å². The van der Waals surface area contributed by atoms with Gasteiger partial charge in [-0.1, -0.05) is 18.2 Å². The van der Waals surface area contributed by atoms with E-state index in [9.17, 15) is 13.9 Å². The number of halogens is 2. The van der Waals surface area contributed by atoms with Crippen LogP contribution in [-0.4, -0.2) is 12.2 Å². The van der Waals surface area contributed by atoms with Crippen molar-refractivity contribution in [2.75, 3.05) is 11.9 Å². The van der Waals surface area contributed by atoms with E-state index in [1.54, 1.807) is 24.3 Å². The van der Waals surface area contributed by atoms with Crippen molar-refractivity contribution in [3.8, 4) is 0 Å². The highest BCUT2D eigenvalue weighted by Gasteiger charge is 2.16. The normalized spacial score (nSPS) is 12.2. The molecule has 0 bridgehead atoms. The third kappa shape index (κ3) is 3.14. The van der Waals surface area contributed by atoms with Gasteiger partial charge in [0.25, 0.3) is 0 Å². The molecule has 0 heterocycles. The Morgan fingerprint density at radius 1 is 1.10 bits per heavy atom. The quantitative estimate of drug-likeness (QED) is 0.922. The maximum absolute atomic E-state index is 13.8. The average Bonchev–Trinajstić information content (AvgIpc) is 2.40. The molecule has 0 aliphatic heterocycles. The second-order valence-corrected chi connectivity index (χ2v) is 4.83. The van der Waals surface area contributed by atoms with Crippen molar-refractivity contribution < 1.29 is 13.9 Å². The highest BCUT2D eigenvalue weighted by molar-refractivity contribution is 5.55. The zero-order valence-corrected chi connectivity index (χ0v) is 11.5. The summed E-state index contributed by atoms with van der Waals surface area (Å²) < 4.78 is 26.7. The Morgan fingerprint density at radius 3 is 2.35 bits per heavy atom. The zero-order valence-electron chi connectivity index (χ0n) is 11.5. The van der Waals surface area contributed by atoms with E-state index in [0.29, 0.717) is 12.2 Å². The van der Waals surface area contributed by atoms with Crippen LogP contribution in [0.3, 0.4) is 0 Å². The Hall–Kier alpha value is -1.94. The molecule has 0 saturated carbocycles. The summed E-state index contributed by atoms with van der Waals surface area (Å²) in [4.78, 5) is 1.83. The summed E-state index contributed by atoms with van der Waals surface area (Å²) in [5, 5.41) is 9.72. The first-order valence-electron chi connectivity index (χ1n) is 6.41. The van der Waals surface area contributed by atoms with E-state index in [2.05, 4.69) is 0 Å². The number of rotatable bonds is 4. The highest BCUT2D eigenvalue weighted by Crippen LogP contribution is 2.29. The Labute approximate surface area is 117 Å². The van der Waals surface area contributed by atoms with Crippen molar-refractivity contribution in [3.05, 3.63) is 65.2 Å². The van der Waals surface area contributed by atoms with Gasteiger partial charge in [-0.05, 0) is 36.8 Å². The lowest BCUT2D eigenvalue weighted by Gasteiger charge is -2.24. The van der Waals surface area contributed by atoms with Crippen LogP contribution in [0.2, 0.25) is 0 Å². The van der Waals surface area contributed by atoms with Crippen LogP contribution in [0.15, 0.2) is 42.5 Å². The fourth-order valence-electron chi connectivity index (χ4n) is 2.22. The predicted octanol–water partition coefficient (Wildman–Crippen LogP) is 3.65. The van der Waals surface area contributed by atoms with Gasteiger partial charge in [0.2, 0.25) is 0 Å². The monoisotopic (exact) mass is 277 g/mol. The molecule has 0 aliphatic rings. The molecule has 2 nitrogen and oxygen atoms in total. The molecule has 0 amide bonds. The molecule has 0 spiro atoms. The summed E-state index contributed by atoms with van der Waals surface area (Å²) in [6.45, 7) is 2.04. The summed E-state index contributed by atoms with van der Waals surface area (Å²) in [5.41, 5.74) is 1.82. The molecule has 2 rings (SSSR count). The van der Waals surface area contributed by atoms with E-state index >= 15 is 0 Å². The van der Waals surface area contributed by atoms with Crippen LogP contribution in [0, 0.1) is 11.6 Å². The summed E-state index contributed by atoms with van der Waals surface area (Å²) in [7, 11) is 1.81. The fraction of sp³-hybridized carbons (Fsp3) is 0.250. The molecule has 1 atom stereocenters. The summed E-state index contributed by atoms with van der Waals surface area (Å²) >= 11 is 0. The van der Waals surface area contributed by atoms with Gasteiger partial charge in [-0.2, -0.15) is 0 Å². The molecule has 0 saturated heterocycles. The van der Waals surface area contributed by atoms with Crippen molar-refractivity contribution in [2.45, 2.75) is 19.6 Å². The van der Waals surface area contributed by atoms with Crippen LogP contribution in [0.4, 0.5) is 14.5 Å². The maximum Gasteiger partial charge on any atom is 0.131 e. The largest absolute Gasteiger partial charge is 0.389 e. The van der Waals surface area contributed by atoms with E-state index in [4.69, 9.17) is 0 Å². The minimum atomic E-state index is -0.887. The van der Waals surface area contributed by atoms with Crippen LogP contribution in [0.1, 0.15) is 24.2 Å². The van der Waals surface area contributed by atoms with Crippen molar-refractivity contribution in [2.24, 2.45) is 0 Å². The summed E-state index contributed by atoms with van der Waals surface area (Å²) in [5.74, 6) is -0.713. The minimum Gasteiger partial charge on any atom is -0.389 e. The van der Waals surface area contributed by atoms with Gasteiger partial charge < -0.3 is 10.0 Å². The first-order valence-corrected chi connectivity index (χ1v) is 6.41. The van der Waals surface area contributed by atoms with E-state index in [1.165, 1.54) is 25.1 Å². The van der Waals surface area contributed by atoms with Gasteiger partial charge >= 0.3 is 0 Å². The van der Waals surface area contributed by atoms with Gasteiger partial charge in [-0.25, -0.2) is 8.78 Å². The molecular formula is C16H17F2NO. The van der Waals surface area contributed by atoms with Gasteiger partial charge in [0.05, 0.1) is 6.10 Å². The highest BCUT2D eigenvalue weighted by atomic mass is 19.1. The van der Waals surface area contributed by atoms with Crippen molar-refractivity contribution in [1.82, 2.24) is 0 Å². The minimum absolute atomic E-state index is 0.275. The molecule has 106 valence electrons. The molecular weight excluding hydrogens is 260 g/mol. The van der Waals surface area contributed by atoms with Crippen LogP contribution in [-0.2, 0) is 6.54 Å². The third-order valence-corrected chi connectivity index (χ3v) is 3.19. The number of aliphatic hydroxyl groups excluding tert-OH is 1. The van der Waals surface area contributed by atoms with Gasteiger partial charge in [-0.3, -0.25) is 0 Å². The maximum atomic E-state index is 13.8. The molecule has 0 aromatic heterocycles. The second kappa shape index (κ2) is 6.01. The standard InChI is InChI=1S/C16H17F2NO/c1-11(20)16-14(18)4-3-5-15(16)19(2)10-12-6-8-13(17)9-7-12/h3-9,11,20H,10H2,1-2H3/t11-/m1/s1. The van der Waals surface area contributed by atoms with E-state index in [-0.39, 0.29) is 11.4 Å². The topological polar surface area (TPSA) is 23.5 Å². The number of aliphatic hydroxyl groups is 1. The number of hydrogen-bond acceptors (Lipinski definition) is 2. The fourth-order valence-corrected chi connectivity index (χ4v) is 2.22. The number of hydrogen-bond donors (Lipinski definition) is 1. The van der Waals surface area contributed by atoms with Crippen LogP contribution in [0.5, 0.6) is 0 Å². The molecule has 20 heavy (non-hydrogen) atoms. The van der Waals surface area contributed by atoms with Gasteiger partial charge in [-0.15, -0.1) is 0 Å². The molecule has 0 aliphatic carbocycles. The van der Waals surface area contributed by atoms with Crippen molar-refractivity contribution in [3.63, 3.8) is 0 Å². The smallest absolute Gasteiger partial charge is 0.131 e. The lowest BCUT2D eigenvalue weighted by molar-refractivity contribution is 0.194. The Morgan fingerprint density at radius 2 is 1.75 bits per heavy atom. The summed E-state index contributed by atoms with van der Waals surface area (Å²) in [6, 6.07) is 10.9.